The van der Waals surface area contributed by atoms with E-state index in [4.69, 9.17) is 0 Å². The molecular formula is C23H27N5O2S. The van der Waals surface area contributed by atoms with Gasteiger partial charge in [0.1, 0.15) is 0 Å². The maximum Gasteiger partial charge on any atom is 0.321 e. The first kappa shape index (κ1) is 22.6. The van der Waals surface area contributed by atoms with E-state index in [0.29, 0.717) is 11.7 Å². The average Bonchev–Trinajstić information content (AvgIpc) is 3.14. The number of amides is 3. The number of urea groups is 1. The molecule has 3 aromatic rings. The van der Waals surface area contributed by atoms with Gasteiger partial charge in [-0.05, 0) is 16.5 Å². The Labute approximate surface area is 186 Å². The van der Waals surface area contributed by atoms with Gasteiger partial charge in [-0.2, -0.15) is 0 Å². The summed E-state index contributed by atoms with van der Waals surface area (Å²) in [6.45, 7) is 7.11. The predicted molar refractivity (Wildman–Crippen MR) is 123 cm³/mol. The second kappa shape index (κ2) is 9.78. The van der Waals surface area contributed by atoms with Gasteiger partial charge in [0.15, 0.2) is 11.0 Å². The van der Waals surface area contributed by atoms with Gasteiger partial charge < -0.3 is 5.32 Å². The van der Waals surface area contributed by atoms with Gasteiger partial charge in [0, 0.05) is 12.6 Å². The molecule has 0 fully saturated rings. The maximum atomic E-state index is 12.0. The van der Waals surface area contributed by atoms with E-state index in [1.165, 1.54) is 24.4 Å². The van der Waals surface area contributed by atoms with E-state index in [0.717, 1.165) is 17.0 Å². The van der Waals surface area contributed by atoms with Gasteiger partial charge in [-0.1, -0.05) is 87.1 Å². The number of benzene rings is 2. The highest BCUT2D eigenvalue weighted by Crippen LogP contribution is 2.28. The van der Waals surface area contributed by atoms with Crippen LogP contribution in [0.2, 0.25) is 0 Å². The van der Waals surface area contributed by atoms with Crippen LogP contribution in [0.25, 0.3) is 11.4 Å². The highest BCUT2D eigenvalue weighted by atomic mass is 32.2. The lowest BCUT2D eigenvalue weighted by Crippen LogP contribution is -2.38. The van der Waals surface area contributed by atoms with E-state index < -0.39 is 11.9 Å². The molecule has 0 saturated carbocycles. The van der Waals surface area contributed by atoms with E-state index >= 15 is 0 Å². The fourth-order valence-corrected chi connectivity index (χ4v) is 3.73. The van der Waals surface area contributed by atoms with Crippen LogP contribution in [0.15, 0.2) is 59.8 Å². The molecule has 3 amide bonds. The van der Waals surface area contributed by atoms with Gasteiger partial charge in [-0.15, -0.1) is 10.2 Å². The number of nitrogens with one attached hydrogen (secondary N) is 2. The molecule has 0 unspecified atom stereocenters. The van der Waals surface area contributed by atoms with Crippen molar-refractivity contribution in [2.75, 3.05) is 12.8 Å². The number of aromatic nitrogens is 3. The van der Waals surface area contributed by atoms with Crippen molar-refractivity contribution in [3.05, 3.63) is 65.7 Å². The van der Waals surface area contributed by atoms with Gasteiger partial charge in [0.25, 0.3) is 0 Å². The van der Waals surface area contributed by atoms with Crippen molar-refractivity contribution in [1.82, 2.24) is 25.4 Å². The normalized spacial score (nSPS) is 11.2. The lowest BCUT2D eigenvalue weighted by atomic mass is 9.87. The molecule has 8 heteroatoms. The molecule has 0 aliphatic heterocycles. The first-order chi connectivity index (χ1) is 14.8. The number of nitrogens with zero attached hydrogens (tertiary/aromatic N) is 3. The lowest BCUT2D eigenvalue weighted by molar-refractivity contribution is -0.117. The van der Waals surface area contributed by atoms with Gasteiger partial charge in [0.2, 0.25) is 5.91 Å². The molecule has 7 nitrogen and oxygen atoms in total. The Morgan fingerprint density at radius 2 is 1.68 bits per heavy atom. The summed E-state index contributed by atoms with van der Waals surface area (Å²) in [7, 11) is 1.46. The van der Waals surface area contributed by atoms with Crippen LogP contribution in [0.4, 0.5) is 4.79 Å². The third kappa shape index (κ3) is 5.95. The topological polar surface area (TPSA) is 88.9 Å². The smallest absolute Gasteiger partial charge is 0.321 e. The van der Waals surface area contributed by atoms with Crippen molar-refractivity contribution in [3.8, 4) is 11.4 Å². The average molecular weight is 438 g/mol. The van der Waals surface area contributed by atoms with Crippen molar-refractivity contribution >= 4 is 23.7 Å². The molecule has 0 aliphatic carbocycles. The van der Waals surface area contributed by atoms with Crippen LogP contribution >= 0.6 is 11.8 Å². The Morgan fingerprint density at radius 1 is 1.00 bits per heavy atom. The molecule has 0 spiro atoms. The Hall–Kier alpha value is -3.13. The molecule has 2 N–H and O–H groups in total. The third-order valence-electron chi connectivity index (χ3n) is 4.72. The Morgan fingerprint density at radius 3 is 2.29 bits per heavy atom. The molecule has 1 aromatic heterocycles. The summed E-state index contributed by atoms with van der Waals surface area (Å²) in [5, 5.41) is 14.0. The Balaban J connectivity index is 1.88. The van der Waals surface area contributed by atoms with E-state index in [1.807, 2.05) is 34.9 Å². The highest BCUT2D eigenvalue weighted by Gasteiger charge is 2.18. The van der Waals surface area contributed by atoms with Crippen molar-refractivity contribution in [1.29, 1.82) is 0 Å². The predicted octanol–water partition coefficient (Wildman–Crippen LogP) is 3.84. The van der Waals surface area contributed by atoms with Crippen molar-refractivity contribution in [2.24, 2.45) is 0 Å². The van der Waals surface area contributed by atoms with Crippen molar-refractivity contribution in [3.63, 3.8) is 0 Å². The number of rotatable bonds is 6. The quantitative estimate of drug-likeness (QED) is 0.572. The van der Waals surface area contributed by atoms with Gasteiger partial charge in [0.05, 0.1) is 12.3 Å². The van der Waals surface area contributed by atoms with Crippen LogP contribution in [0.1, 0.15) is 31.9 Å². The molecular weight excluding hydrogens is 410 g/mol. The number of hydrogen-bond acceptors (Lipinski definition) is 5. The summed E-state index contributed by atoms with van der Waals surface area (Å²) in [6, 6.07) is 17.8. The molecule has 0 radical (unpaired) electrons. The van der Waals surface area contributed by atoms with Crippen LogP contribution in [0.3, 0.4) is 0 Å². The zero-order valence-electron chi connectivity index (χ0n) is 18.2. The summed E-state index contributed by atoms with van der Waals surface area (Å²) in [6.07, 6.45) is 0. The van der Waals surface area contributed by atoms with Crippen molar-refractivity contribution < 1.29 is 9.59 Å². The van der Waals surface area contributed by atoms with Crippen LogP contribution in [-0.2, 0) is 16.8 Å². The summed E-state index contributed by atoms with van der Waals surface area (Å²) in [5.41, 5.74) is 3.37. The minimum absolute atomic E-state index is 0.0588. The second-order valence-corrected chi connectivity index (χ2v) is 9.06. The van der Waals surface area contributed by atoms with Gasteiger partial charge >= 0.3 is 6.03 Å². The summed E-state index contributed by atoms with van der Waals surface area (Å²) >= 11 is 1.25. The number of carbonyl (C=O) groups is 2. The maximum absolute atomic E-state index is 12.0. The number of imide groups is 1. The highest BCUT2D eigenvalue weighted by molar-refractivity contribution is 7.99. The van der Waals surface area contributed by atoms with Crippen LogP contribution in [-0.4, -0.2) is 39.5 Å². The summed E-state index contributed by atoms with van der Waals surface area (Å²) < 4.78 is 2.00. The molecule has 0 bridgehead atoms. The van der Waals surface area contributed by atoms with Crippen LogP contribution in [0, 0.1) is 0 Å². The monoisotopic (exact) mass is 437 g/mol. The summed E-state index contributed by atoms with van der Waals surface area (Å²) in [4.78, 5) is 23.4. The number of thioether (sulfide) groups is 1. The standard InChI is InChI=1S/C23H27N5O2S/c1-23(2,3)18-12-10-17(11-13-18)20-26-27-22(31-15-19(29)25-21(30)24-4)28(20)14-16-8-6-5-7-9-16/h5-13H,14-15H2,1-4H3,(H2,24,25,29,30). The third-order valence-corrected chi connectivity index (χ3v) is 5.69. The van der Waals surface area contributed by atoms with E-state index in [2.05, 4.69) is 65.9 Å². The number of hydrogen-bond donors (Lipinski definition) is 2. The largest absolute Gasteiger partial charge is 0.341 e. The zero-order valence-corrected chi connectivity index (χ0v) is 19.0. The minimum atomic E-state index is -0.532. The molecule has 2 aromatic carbocycles. The first-order valence-corrected chi connectivity index (χ1v) is 11.0. The summed E-state index contributed by atoms with van der Waals surface area (Å²) in [5.74, 6) is 0.400. The van der Waals surface area contributed by atoms with E-state index in [9.17, 15) is 9.59 Å². The molecule has 162 valence electrons. The molecule has 0 aliphatic rings. The van der Waals surface area contributed by atoms with Gasteiger partial charge in [-0.3, -0.25) is 14.7 Å². The fraction of sp³-hybridized carbons (Fsp3) is 0.304. The van der Waals surface area contributed by atoms with Crippen LogP contribution < -0.4 is 10.6 Å². The minimum Gasteiger partial charge on any atom is -0.341 e. The zero-order chi connectivity index (χ0) is 22.4. The fourth-order valence-electron chi connectivity index (χ4n) is 2.99. The Kier molecular flexibility index (Phi) is 7.12. The SMILES string of the molecule is CNC(=O)NC(=O)CSc1nnc(-c2ccc(C(C)(C)C)cc2)n1Cc1ccccc1. The molecule has 1 heterocycles. The molecule has 0 atom stereocenters. The van der Waals surface area contributed by atoms with Crippen LogP contribution in [0.5, 0.6) is 0 Å². The van der Waals surface area contributed by atoms with Crippen molar-refractivity contribution in [2.45, 2.75) is 37.9 Å². The van der Waals surface area contributed by atoms with E-state index in [1.54, 1.807) is 0 Å². The molecule has 3 rings (SSSR count). The second-order valence-electron chi connectivity index (χ2n) is 8.12. The van der Waals surface area contributed by atoms with Gasteiger partial charge in [-0.25, -0.2) is 4.79 Å². The first-order valence-electron chi connectivity index (χ1n) is 10.0. The van der Waals surface area contributed by atoms with E-state index in [-0.39, 0.29) is 11.2 Å². The Bertz CT molecular complexity index is 1040. The number of carbonyl (C=O) groups excluding carboxylic acids is 2. The molecule has 0 saturated heterocycles. The lowest BCUT2D eigenvalue weighted by Gasteiger charge is -2.19. The molecule has 31 heavy (non-hydrogen) atoms.